The average molecular weight is 296 g/mol. The van der Waals surface area contributed by atoms with Gasteiger partial charge in [-0.1, -0.05) is 11.6 Å². The number of halogens is 1. The number of aromatic nitrogens is 1. The molecule has 2 rings (SSSR count). The number of carbonyl (C=O) groups excluding carboxylic acids is 2. The van der Waals surface area contributed by atoms with Gasteiger partial charge in [-0.25, -0.2) is 0 Å². The van der Waals surface area contributed by atoms with Gasteiger partial charge in [0.1, 0.15) is 0 Å². The van der Waals surface area contributed by atoms with Gasteiger partial charge in [0, 0.05) is 39.0 Å². The monoisotopic (exact) mass is 295 g/mol. The first-order valence-electron chi connectivity index (χ1n) is 6.71. The Morgan fingerprint density at radius 1 is 1.45 bits per heavy atom. The van der Waals surface area contributed by atoms with Gasteiger partial charge < -0.3 is 10.2 Å². The first kappa shape index (κ1) is 14.8. The van der Waals surface area contributed by atoms with Gasteiger partial charge in [0.15, 0.2) is 0 Å². The van der Waals surface area contributed by atoms with Crippen LogP contribution in [0.4, 0.5) is 0 Å². The summed E-state index contributed by atoms with van der Waals surface area (Å²) < 4.78 is 0. The number of nitrogens with one attached hydrogen (secondary N) is 1. The molecule has 0 saturated carbocycles. The molecular weight excluding hydrogens is 278 g/mol. The van der Waals surface area contributed by atoms with Gasteiger partial charge in [0.05, 0.1) is 10.6 Å². The fraction of sp³-hybridized carbons (Fsp3) is 0.500. The maximum absolute atomic E-state index is 12.3. The summed E-state index contributed by atoms with van der Waals surface area (Å²) in [6.07, 6.45) is 4.86. The summed E-state index contributed by atoms with van der Waals surface area (Å²) in [5.74, 6) is 0.360. The molecule has 1 saturated heterocycles. The van der Waals surface area contributed by atoms with Gasteiger partial charge in [0.2, 0.25) is 5.91 Å². The van der Waals surface area contributed by atoms with E-state index in [2.05, 4.69) is 10.3 Å². The molecule has 0 aromatic carbocycles. The van der Waals surface area contributed by atoms with Gasteiger partial charge in [-0.15, -0.1) is 0 Å². The van der Waals surface area contributed by atoms with E-state index in [-0.39, 0.29) is 11.8 Å². The molecule has 6 heteroatoms. The topological polar surface area (TPSA) is 62.3 Å². The molecule has 2 heterocycles. The third-order valence-corrected chi connectivity index (χ3v) is 3.87. The van der Waals surface area contributed by atoms with Crippen molar-refractivity contribution in [2.24, 2.45) is 5.92 Å². The van der Waals surface area contributed by atoms with Crippen LogP contribution in [0.1, 0.15) is 30.1 Å². The van der Waals surface area contributed by atoms with Crippen LogP contribution >= 0.6 is 11.6 Å². The number of hydrogen-bond donors (Lipinski definition) is 1. The smallest absolute Gasteiger partial charge is 0.256 e. The lowest BCUT2D eigenvalue weighted by molar-refractivity contribution is -0.119. The number of piperidine rings is 1. The van der Waals surface area contributed by atoms with Crippen LogP contribution in [0, 0.1) is 5.92 Å². The minimum atomic E-state index is -0.0684. The number of likely N-dealkylation sites (tertiary alicyclic amines) is 1. The molecule has 1 aromatic heterocycles. The van der Waals surface area contributed by atoms with Gasteiger partial charge >= 0.3 is 0 Å². The third kappa shape index (κ3) is 3.70. The molecule has 1 fully saturated rings. The number of carbonyl (C=O) groups is 2. The Balaban J connectivity index is 1.89. The number of hydrogen-bond acceptors (Lipinski definition) is 3. The summed E-state index contributed by atoms with van der Waals surface area (Å²) in [7, 11) is 0. The standard InChI is InChI=1S/C14H18ClN3O2/c1-10(19)17-8-11-3-6-18(7-4-11)14(20)12-9-16-5-2-13(12)15/h2,5,9,11H,3-4,6-8H2,1H3,(H,17,19). The highest BCUT2D eigenvalue weighted by Crippen LogP contribution is 2.21. The lowest BCUT2D eigenvalue weighted by atomic mass is 9.96. The molecule has 0 aliphatic carbocycles. The molecule has 2 amide bonds. The molecule has 0 atom stereocenters. The second-order valence-electron chi connectivity index (χ2n) is 5.03. The summed E-state index contributed by atoms with van der Waals surface area (Å²) in [6, 6.07) is 1.62. The highest BCUT2D eigenvalue weighted by molar-refractivity contribution is 6.33. The molecule has 1 aliphatic heterocycles. The van der Waals surface area contributed by atoms with Crippen molar-refractivity contribution < 1.29 is 9.59 Å². The minimum Gasteiger partial charge on any atom is -0.356 e. The Bertz CT molecular complexity index is 499. The molecule has 0 unspecified atom stereocenters. The van der Waals surface area contributed by atoms with Crippen molar-refractivity contribution in [3.05, 3.63) is 29.0 Å². The van der Waals surface area contributed by atoms with Crippen LogP contribution in [0.5, 0.6) is 0 Å². The van der Waals surface area contributed by atoms with Crippen LogP contribution in [0.2, 0.25) is 5.02 Å². The predicted octanol–water partition coefficient (Wildman–Crippen LogP) is 1.72. The molecule has 1 N–H and O–H groups in total. The van der Waals surface area contributed by atoms with Crippen molar-refractivity contribution in [2.45, 2.75) is 19.8 Å². The Labute approximate surface area is 123 Å². The largest absolute Gasteiger partial charge is 0.356 e. The molecule has 0 spiro atoms. The quantitative estimate of drug-likeness (QED) is 0.923. The maximum Gasteiger partial charge on any atom is 0.256 e. The lowest BCUT2D eigenvalue weighted by Gasteiger charge is -2.32. The fourth-order valence-corrected chi connectivity index (χ4v) is 2.52. The van der Waals surface area contributed by atoms with Crippen LogP contribution in [-0.2, 0) is 4.79 Å². The van der Waals surface area contributed by atoms with E-state index >= 15 is 0 Å². The number of nitrogens with zero attached hydrogens (tertiary/aromatic N) is 2. The molecular formula is C14H18ClN3O2. The van der Waals surface area contributed by atoms with E-state index in [1.165, 1.54) is 13.1 Å². The van der Waals surface area contributed by atoms with Crippen LogP contribution in [-0.4, -0.2) is 41.3 Å². The Morgan fingerprint density at radius 3 is 2.75 bits per heavy atom. The van der Waals surface area contributed by atoms with E-state index in [1.807, 2.05) is 0 Å². The van der Waals surface area contributed by atoms with E-state index in [4.69, 9.17) is 11.6 Å². The molecule has 1 aliphatic rings. The Morgan fingerprint density at radius 2 is 2.15 bits per heavy atom. The number of amides is 2. The summed E-state index contributed by atoms with van der Waals surface area (Å²) in [6.45, 7) is 3.58. The van der Waals surface area contributed by atoms with Crippen molar-refractivity contribution >= 4 is 23.4 Å². The van der Waals surface area contributed by atoms with Crippen molar-refractivity contribution in [1.29, 1.82) is 0 Å². The van der Waals surface area contributed by atoms with Gasteiger partial charge in [-0.2, -0.15) is 0 Å². The maximum atomic E-state index is 12.3. The molecule has 5 nitrogen and oxygen atoms in total. The number of rotatable bonds is 3. The van der Waals surface area contributed by atoms with E-state index in [0.29, 0.717) is 36.1 Å². The van der Waals surface area contributed by atoms with Crippen LogP contribution < -0.4 is 5.32 Å². The average Bonchev–Trinajstić information content (AvgIpc) is 2.45. The molecule has 0 radical (unpaired) electrons. The highest BCUT2D eigenvalue weighted by Gasteiger charge is 2.24. The normalized spacial score (nSPS) is 16.0. The molecule has 108 valence electrons. The lowest BCUT2D eigenvalue weighted by Crippen LogP contribution is -2.41. The summed E-state index contributed by atoms with van der Waals surface area (Å²) in [5, 5.41) is 3.26. The van der Waals surface area contributed by atoms with Gasteiger partial charge in [-0.05, 0) is 24.8 Å². The predicted molar refractivity (Wildman–Crippen MR) is 76.6 cm³/mol. The highest BCUT2D eigenvalue weighted by atomic mass is 35.5. The summed E-state index contributed by atoms with van der Waals surface area (Å²) >= 11 is 6.02. The van der Waals surface area contributed by atoms with Crippen molar-refractivity contribution in [3.8, 4) is 0 Å². The zero-order valence-electron chi connectivity index (χ0n) is 11.4. The van der Waals surface area contributed by atoms with Crippen LogP contribution in [0.3, 0.4) is 0 Å². The van der Waals surface area contributed by atoms with Crippen LogP contribution in [0.25, 0.3) is 0 Å². The van der Waals surface area contributed by atoms with Gasteiger partial charge in [0.25, 0.3) is 5.91 Å². The van der Waals surface area contributed by atoms with Gasteiger partial charge in [-0.3, -0.25) is 14.6 Å². The minimum absolute atomic E-state index is 0.00866. The first-order valence-corrected chi connectivity index (χ1v) is 7.09. The second kappa shape index (κ2) is 6.70. The van der Waals surface area contributed by atoms with Crippen molar-refractivity contribution in [3.63, 3.8) is 0 Å². The summed E-state index contributed by atoms with van der Waals surface area (Å²) in [4.78, 5) is 29.0. The Hall–Kier alpha value is -1.62. The van der Waals surface area contributed by atoms with E-state index < -0.39 is 0 Å². The fourth-order valence-electron chi connectivity index (χ4n) is 2.33. The molecule has 20 heavy (non-hydrogen) atoms. The summed E-state index contributed by atoms with van der Waals surface area (Å²) in [5.41, 5.74) is 0.453. The first-order chi connectivity index (χ1) is 9.58. The van der Waals surface area contributed by atoms with E-state index in [9.17, 15) is 9.59 Å². The van der Waals surface area contributed by atoms with Crippen LogP contribution in [0.15, 0.2) is 18.5 Å². The van der Waals surface area contributed by atoms with Crippen molar-refractivity contribution in [1.82, 2.24) is 15.2 Å². The number of pyridine rings is 1. The third-order valence-electron chi connectivity index (χ3n) is 3.54. The molecule has 1 aromatic rings. The van der Waals surface area contributed by atoms with E-state index in [0.717, 1.165) is 12.8 Å². The SMILES string of the molecule is CC(=O)NCC1CCN(C(=O)c2cnccc2Cl)CC1. The second-order valence-corrected chi connectivity index (χ2v) is 5.44. The Kier molecular flexibility index (Phi) is 4.95. The zero-order valence-corrected chi connectivity index (χ0v) is 12.2. The van der Waals surface area contributed by atoms with E-state index in [1.54, 1.807) is 17.2 Å². The zero-order chi connectivity index (χ0) is 14.5. The molecule has 0 bridgehead atoms. The van der Waals surface area contributed by atoms with Crippen molar-refractivity contribution in [2.75, 3.05) is 19.6 Å².